The number of nitro groups is 1. The largest absolute Gasteiger partial charge is 0.375 e. The summed E-state index contributed by atoms with van der Waals surface area (Å²) in [5.74, 6) is 0.370. The van der Waals surface area contributed by atoms with Crippen LogP contribution in [0, 0.1) is 10.1 Å². The third-order valence-electron chi connectivity index (χ3n) is 3.93. The van der Waals surface area contributed by atoms with E-state index < -0.39 is 4.92 Å². The quantitative estimate of drug-likeness (QED) is 0.648. The molecule has 0 radical (unpaired) electrons. The van der Waals surface area contributed by atoms with Crippen LogP contribution in [0.15, 0.2) is 35.4 Å². The maximum atomic E-state index is 11.9. The fourth-order valence-electron chi connectivity index (χ4n) is 2.85. The minimum Gasteiger partial charge on any atom is -0.375 e. The molecule has 126 valence electrons. The molecule has 1 aliphatic heterocycles. The molecule has 0 saturated carbocycles. The standard InChI is InChI=1S/C15H16ClN5O3/c16-10-3-4-12(13(8-10)21(23)24)19-11-2-1-7-20(9-11)14-15(22)18-6-5-17-14/h3-6,8,11,19H,1-2,7,9H2,(H,18,22)/t11-/m1/s1. The molecule has 1 aromatic carbocycles. The molecule has 0 spiro atoms. The maximum absolute atomic E-state index is 11.9. The smallest absolute Gasteiger partial charge is 0.293 e. The normalized spacial score (nSPS) is 17.5. The molecule has 1 atom stereocenters. The van der Waals surface area contributed by atoms with Gasteiger partial charge in [0.15, 0.2) is 5.82 Å². The summed E-state index contributed by atoms with van der Waals surface area (Å²) in [7, 11) is 0. The van der Waals surface area contributed by atoms with E-state index in [1.807, 2.05) is 4.90 Å². The van der Waals surface area contributed by atoms with Gasteiger partial charge < -0.3 is 15.2 Å². The molecular formula is C15H16ClN5O3. The fraction of sp³-hybridized carbons (Fsp3) is 0.333. The molecule has 9 heteroatoms. The van der Waals surface area contributed by atoms with Crippen LogP contribution in [-0.2, 0) is 0 Å². The zero-order chi connectivity index (χ0) is 17.1. The van der Waals surface area contributed by atoms with Gasteiger partial charge in [0.05, 0.1) is 4.92 Å². The Morgan fingerprint density at radius 2 is 2.29 bits per heavy atom. The Balaban J connectivity index is 1.78. The molecule has 1 aromatic heterocycles. The van der Waals surface area contributed by atoms with Gasteiger partial charge >= 0.3 is 0 Å². The Kier molecular flexibility index (Phi) is 4.66. The van der Waals surface area contributed by atoms with Gasteiger partial charge in [-0.2, -0.15) is 0 Å². The number of rotatable bonds is 4. The number of H-pyrrole nitrogens is 1. The van der Waals surface area contributed by atoms with Crippen molar-refractivity contribution in [3.63, 3.8) is 0 Å². The van der Waals surface area contributed by atoms with Gasteiger partial charge in [0.25, 0.3) is 11.2 Å². The van der Waals surface area contributed by atoms with Crippen molar-refractivity contribution < 1.29 is 4.92 Å². The second-order valence-electron chi connectivity index (χ2n) is 5.59. The van der Waals surface area contributed by atoms with E-state index in [1.54, 1.807) is 12.1 Å². The molecule has 2 aromatic rings. The van der Waals surface area contributed by atoms with E-state index in [9.17, 15) is 14.9 Å². The number of nitrogens with one attached hydrogen (secondary N) is 2. The van der Waals surface area contributed by atoms with Gasteiger partial charge in [-0.05, 0) is 25.0 Å². The fourth-order valence-corrected chi connectivity index (χ4v) is 3.02. The lowest BCUT2D eigenvalue weighted by Crippen LogP contribution is -2.44. The van der Waals surface area contributed by atoms with E-state index in [2.05, 4.69) is 15.3 Å². The highest BCUT2D eigenvalue weighted by molar-refractivity contribution is 6.30. The predicted octanol–water partition coefficient (Wildman–Crippen LogP) is 2.41. The van der Waals surface area contributed by atoms with Crippen LogP contribution >= 0.6 is 11.6 Å². The summed E-state index contributed by atoms with van der Waals surface area (Å²) >= 11 is 5.84. The second-order valence-corrected chi connectivity index (χ2v) is 6.03. The number of nitro benzene ring substituents is 1. The van der Waals surface area contributed by atoms with E-state index >= 15 is 0 Å². The lowest BCUT2D eigenvalue weighted by Gasteiger charge is -2.33. The molecule has 0 bridgehead atoms. The van der Waals surface area contributed by atoms with Crippen LogP contribution in [0.1, 0.15) is 12.8 Å². The van der Waals surface area contributed by atoms with Crippen LogP contribution in [0.5, 0.6) is 0 Å². The van der Waals surface area contributed by atoms with Gasteiger partial charge in [0.1, 0.15) is 5.69 Å². The summed E-state index contributed by atoms with van der Waals surface area (Å²) in [5.41, 5.74) is 0.122. The van der Waals surface area contributed by atoms with Gasteiger partial charge in [-0.3, -0.25) is 14.9 Å². The van der Waals surface area contributed by atoms with Crippen LogP contribution in [0.3, 0.4) is 0 Å². The summed E-state index contributed by atoms with van der Waals surface area (Å²) in [5, 5.41) is 14.7. The molecule has 1 fully saturated rings. The van der Waals surface area contributed by atoms with E-state index in [4.69, 9.17) is 11.6 Å². The second kappa shape index (κ2) is 6.88. The Morgan fingerprint density at radius 1 is 1.46 bits per heavy atom. The summed E-state index contributed by atoms with van der Waals surface area (Å²) in [6.07, 6.45) is 4.73. The number of aromatic nitrogens is 2. The highest BCUT2D eigenvalue weighted by Crippen LogP contribution is 2.29. The van der Waals surface area contributed by atoms with Crippen LogP contribution < -0.4 is 15.8 Å². The topological polar surface area (TPSA) is 104 Å². The molecular weight excluding hydrogens is 334 g/mol. The molecule has 0 unspecified atom stereocenters. The highest BCUT2D eigenvalue weighted by Gasteiger charge is 2.24. The lowest BCUT2D eigenvalue weighted by molar-refractivity contribution is -0.384. The van der Waals surface area contributed by atoms with Gasteiger partial charge in [-0.25, -0.2) is 4.98 Å². The van der Waals surface area contributed by atoms with Crippen LogP contribution in [0.2, 0.25) is 5.02 Å². The molecule has 1 saturated heterocycles. The van der Waals surface area contributed by atoms with E-state index in [0.717, 1.165) is 19.4 Å². The number of anilines is 2. The van der Waals surface area contributed by atoms with Crippen LogP contribution in [-0.4, -0.2) is 34.0 Å². The summed E-state index contributed by atoms with van der Waals surface area (Å²) in [6, 6.07) is 4.52. The first-order valence-electron chi connectivity index (χ1n) is 7.53. The SMILES string of the molecule is O=c1[nH]ccnc1N1CCC[C@@H](Nc2ccc(Cl)cc2[N+](=O)[O-])C1. The third kappa shape index (κ3) is 3.48. The molecule has 0 amide bonds. The van der Waals surface area contributed by atoms with Crippen molar-refractivity contribution >= 4 is 28.8 Å². The molecule has 2 heterocycles. The average molecular weight is 350 g/mol. The van der Waals surface area contributed by atoms with Gasteiger partial charge in [-0.15, -0.1) is 0 Å². The van der Waals surface area contributed by atoms with Crippen molar-refractivity contribution in [2.45, 2.75) is 18.9 Å². The van der Waals surface area contributed by atoms with E-state index in [1.165, 1.54) is 18.5 Å². The minimum atomic E-state index is -0.460. The number of benzene rings is 1. The minimum absolute atomic E-state index is 0.0277. The van der Waals surface area contributed by atoms with E-state index in [0.29, 0.717) is 23.1 Å². The summed E-state index contributed by atoms with van der Waals surface area (Å²) in [6.45, 7) is 1.26. The Bertz CT molecular complexity index is 810. The molecule has 1 aliphatic rings. The zero-order valence-electron chi connectivity index (χ0n) is 12.7. The molecule has 8 nitrogen and oxygen atoms in total. The first kappa shape index (κ1) is 16.3. The Morgan fingerprint density at radius 3 is 3.04 bits per heavy atom. The van der Waals surface area contributed by atoms with Crippen molar-refractivity contribution in [3.8, 4) is 0 Å². The Labute approximate surface area is 142 Å². The molecule has 2 N–H and O–H groups in total. The number of piperidine rings is 1. The summed E-state index contributed by atoms with van der Waals surface area (Å²) in [4.78, 5) is 31.2. The first-order valence-corrected chi connectivity index (χ1v) is 7.91. The van der Waals surface area contributed by atoms with Crippen molar-refractivity contribution in [2.75, 3.05) is 23.3 Å². The molecule has 0 aliphatic carbocycles. The molecule has 3 rings (SSSR count). The third-order valence-corrected chi connectivity index (χ3v) is 4.16. The molecule has 24 heavy (non-hydrogen) atoms. The van der Waals surface area contributed by atoms with Gasteiger partial charge in [0.2, 0.25) is 0 Å². The van der Waals surface area contributed by atoms with Crippen molar-refractivity contribution in [2.24, 2.45) is 0 Å². The zero-order valence-corrected chi connectivity index (χ0v) is 13.5. The predicted molar refractivity (Wildman–Crippen MR) is 91.8 cm³/mol. The first-order chi connectivity index (χ1) is 11.5. The number of aromatic amines is 1. The number of halogens is 1. The van der Waals surface area contributed by atoms with E-state index in [-0.39, 0.29) is 17.3 Å². The number of hydrogen-bond acceptors (Lipinski definition) is 6. The monoisotopic (exact) mass is 349 g/mol. The number of nitrogens with zero attached hydrogens (tertiary/aromatic N) is 3. The van der Waals surface area contributed by atoms with Crippen molar-refractivity contribution in [3.05, 3.63) is 56.1 Å². The van der Waals surface area contributed by atoms with Crippen LogP contribution in [0.25, 0.3) is 0 Å². The average Bonchev–Trinajstić information content (AvgIpc) is 2.57. The highest BCUT2D eigenvalue weighted by atomic mass is 35.5. The van der Waals surface area contributed by atoms with Gasteiger partial charge in [-0.1, -0.05) is 11.6 Å². The number of hydrogen-bond donors (Lipinski definition) is 2. The van der Waals surface area contributed by atoms with Crippen LogP contribution in [0.4, 0.5) is 17.2 Å². The van der Waals surface area contributed by atoms with Crippen molar-refractivity contribution in [1.29, 1.82) is 0 Å². The van der Waals surface area contributed by atoms with Gasteiger partial charge in [0, 0.05) is 42.6 Å². The lowest BCUT2D eigenvalue weighted by atomic mass is 10.1. The van der Waals surface area contributed by atoms with Crippen molar-refractivity contribution in [1.82, 2.24) is 9.97 Å². The maximum Gasteiger partial charge on any atom is 0.293 e. The Hall–Kier alpha value is -2.61. The summed E-state index contributed by atoms with van der Waals surface area (Å²) < 4.78 is 0.